The number of sulfonamides is 1. The fraction of sp³-hybridized carbons (Fsp3) is 0.222. The molecule has 7 nitrogen and oxygen atoms in total. The first-order chi connectivity index (χ1) is 12.6. The Kier molecular flexibility index (Phi) is 6.59. The Morgan fingerprint density at radius 1 is 1.11 bits per heavy atom. The topological polar surface area (TPSA) is 102 Å². The van der Waals surface area contributed by atoms with E-state index in [1.54, 1.807) is 12.1 Å². The van der Waals surface area contributed by atoms with Crippen LogP contribution in [-0.2, 0) is 19.6 Å². The van der Waals surface area contributed by atoms with E-state index in [1.807, 2.05) is 19.1 Å². The van der Waals surface area contributed by atoms with Crippen LogP contribution in [0.25, 0.3) is 0 Å². The van der Waals surface area contributed by atoms with Crippen LogP contribution in [0.5, 0.6) is 0 Å². The Labute approximate surface area is 162 Å². The lowest BCUT2D eigenvalue weighted by Crippen LogP contribution is -2.30. The van der Waals surface area contributed by atoms with E-state index in [2.05, 4.69) is 10.0 Å². The second kappa shape index (κ2) is 8.51. The molecule has 2 N–H and O–H groups in total. The Morgan fingerprint density at radius 2 is 1.74 bits per heavy atom. The van der Waals surface area contributed by atoms with E-state index >= 15 is 0 Å². The van der Waals surface area contributed by atoms with Crippen LogP contribution in [0, 0.1) is 6.92 Å². The number of benzene rings is 2. The van der Waals surface area contributed by atoms with Crippen molar-refractivity contribution in [3.63, 3.8) is 0 Å². The number of nitrogens with one attached hydrogen (secondary N) is 2. The number of ether oxygens (including phenoxy) is 1. The van der Waals surface area contributed by atoms with Crippen molar-refractivity contribution in [2.75, 3.05) is 12.4 Å². The van der Waals surface area contributed by atoms with Crippen molar-refractivity contribution in [3.8, 4) is 0 Å². The van der Waals surface area contributed by atoms with Gasteiger partial charge in [-0.1, -0.05) is 29.3 Å². The lowest BCUT2D eigenvalue weighted by Gasteiger charge is -2.14. The molecule has 9 heteroatoms. The van der Waals surface area contributed by atoms with Gasteiger partial charge in [0.1, 0.15) is 4.90 Å². The summed E-state index contributed by atoms with van der Waals surface area (Å²) in [5.74, 6) is -1.35. The zero-order chi connectivity index (χ0) is 20.2. The molecule has 27 heavy (non-hydrogen) atoms. The van der Waals surface area contributed by atoms with Crippen molar-refractivity contribution in [2.24, 2.45) is 0 Å². The van der Waals surface area contributed by atoms with Crippen LogP contribution in [0.1, 0.15) is 22.8 Å². The van der Waals surface area contributed by atoms with Crippen LogP contribution in [-0.4, -0.2) is 33.4 Å². The minimum Gasteiger partial charge on any atom is -0.449 e. The van der Waals surface area contributed by atoms with E-state index in [1.165, 1.54) is 26.1 Å². The maximum absolute atomic E-state index is 12.3. The first kappa shape index (κ1) is 20.9. The third-order valence-electron chi connectivity index (χ3n) is 3.70. The zero-order valence-corrected chi connectivity index (χ0v) is 16.5. The van der Waals surface area contributed by atoms with Crippen LogP contribution >= 0.6 is 11.6 Å². The summed E-state index contributed by atoms with van der Waals surface area (Å²) >= 11 is 5.89. The van der Waals surface area contributed by atoms with Gasteiger partial charge < -0.3 is 10.1 Å². The SMILES string of the molecule is CNS(=O)(=O)c1cc(C(=O)OC(C)C(=O)Nc2ccc(C)cc2)ccc1Cl. The second-order valence-electron chi connectivity index (χ2n) is 5.76. The maximum atomic E-state index is 12.3. The fourth-order valence-corrected chi connectivity index (χ4v) is 3.36. The van der Waals surface area contributed by atoms with Gasteiger partial charge in [0.05, 0.1) is 10.6 Å². The van der Waals surface area contributed by atoms with Crippen molar-refractivity contribution in [1.29, 1.82) is 0 Å². The maximum Gasteiger partial charge on any atom is 0.338 e. The zero-order valence-electron chi connectivity index (χ0n) is 14.9. The largest absolute Gasteiger partial charge is 0.449 e. The number of carbonyl (C=O) groups excluding carboxylic acids is 2. The van der Waals surface area contributed by atoms with E-state index < -0.39 is 28.0 Å². The van der Waals surface area contributed by atoms with E-state index in [0.717, 1.165) is 11.6 Å². The van der Waals surface area contributed by atoms with Crippen LogP contribution < -0.4 is 10.0 Å². The van der Waals surface area contributed by atoms with Gasteiger partial charge in [-0.05, 0) is 51.2 Å². The molecule has 0 heterocycles. The summed E-state index contributed by atoms with van der Waals surface area (Å²) in [5.41, 5.74) is 1.58. The fourth-order valence-electron chi connectivity index (χ4n) is 2.11. The molecule has 0 bridgehead atoms. The van der Waals surface area contributed by atoms with E-state index in [-0.39, 0.29) is 15.5 Å². The Morgan fingerprint density at radius 3 is 2.33 bits per heavy atom. The molecule has 0 spiro atoms. The molecule has 1 amide bonds. The molecule has 2 aromatic carbocycles. The Bertz CT molecular complexity index is 958. The Hall–Kier alpha value is -2.42. The van der Waals surface area contributed by atoms with Crippen molar-refractivity contribution < 1.29 is 22.7 Å². The number of halogens is 1. The summed E-state index contributed by atoms with van der Waals surface area (Å²) in [6, 6.07) is 10.8. The molecule has 0 saturated carbocycles. The van der Waals surface area contributed by atoms with Crippen LogP contribution in [0.15, 0.2) is 47.4 Å². The summed E-state index contributed by atoms with van der Waals surface area (Å²) < 4.78 is 31.1. The molecule has 0 aliphatic heterocycles. The number of amides is 1. The highest BCUT2D eigenvalue weighted by atomic mass is 35.5. The smallest absolute Gasteiger partial charge is 0.338 e. The molecule has 0 fully saturated rings. The van der Waals surface area contributed by atoms with Crippen LogP contribution in [0.4, 0.5) is 5.69 Å². The van der Waals surface area contributed by atoms with Gasteiger partial charge in [-0.15, -0.1) is 0 Å². The lowest BCUT2D eigenvalue weighted by molar-refractivity contribution is -0.123. The summed E-state index contributed by atoms with van der Waals surface area (Å²) in [6.07, 6.45) is -1.08. The molecule has 0 radical (unpaired) electrons. The molecule has 2 aromatic rings. The molecule has 1 unspecified atom stereocenters. The summed E-state index contributed by atoms with van der Waals surface area (Å²) in [7, 11) is -2.61. The third kappa shape index (κ3) is 5.29. The van der Waals surface area contributed by atoms with E-state index in [0.29, 0.717) is 5.69 Å². The highest BCUT2D eigenvalue weighted by Gasteiger charge is 2.22. The number of rotatable bonds is 6. The molecule has 0 saturated heterocycles. The molecule has 0 aromatic heterocycles. The van der Waals surface area contributed by atoms with Gasteiger partial charge in [0.2, 0.25) is 10.0 Å². The number of anilines is 1. The van der Waals surface area contributed by atoms with Crippen molar-refractivity contribution in [3.05, 3.63) is 58.6 Å². The summed E-state index contributed by atoms with van der Waals surface area (Å²) in [5, 5.41) is 2.60. The summed E-state index contributed by atoms with van der Waals surface area (Å²) in [4.78, 5) is 24.2. The van der Waals surface area contributed by atoms with Crippen LogP contribution in [0.3, 0.4) is 0 Å². The normalized spacial score (nSPS) is 12.3. The lowest BCUT2D eigenvalue weighted by atomic mass is 10.2. The molecular weight excluding hydrogens is 392 g/mol. The summed E-state index contributed by atoms with van der Waals surface area (Å²) in [6.45, 7) is 3.34. The number of carbonyl (C=O) groups is 2. The van der Waals surface area contributed by atoms with Crippen molar-refractivity contribution >= 4 is 39.2 Å². The molecule has 144 valence electrons. The minimum absolute atomic E-state index is 0.0361. The molecular formula is C18H19ClN2O5S. The quantitative estimate of drug-likeness (QED) is 0.713. The number of esters is 1. The van der Waals surface area contributed by atoms with Crippen molar-refractivity contribution in [1.82, 2.24) is 4.72 Å². The van der Waals surface area contributed by atoms with Crippen LogP contribution in [0.2, 0.25) is 5.02 Å². The first-order valence-corrected chi connectivity index (χ1v) is 9.82. The average molecular weight is 411 g/mol. The number of hydrogen-bond acceptors (Lipinski definition) is 5. The molecule has 0 aliphatic rings. The predicted octanol–water partition coefficient (Wildman–Crippen LogP) is 2.74. The first-order valence-electron chi connectivity index (χ1n) is 7.95. The Balaban J connectivity index is 2.11. The molecule has 1 atom stereocenters. The monoisotopic (exact) mass is 410 g/mol. The highest BCUT2D eigenvalue weighted by Crippen LogP contribution is 2.23. The van der Waals surface area contributed by atoms with E-state index in [4.69, 9.17) is 16.3 Å². The molecule has 0 aliphatic carbocycles. The van der Waals surface area contributed by atoms with E-state index in [9.17, 15) is 18.0 Å². The third-order valence-corrected chi connectivity index (χ3v) is 5.59. The van der Waals surface area contributed by atoms with Gasteiger partial charge >= 0.3 is 5.97 Å². The predicted molar refractivity (Wildman–Crippen MR) is 102 cm³/mol. The van der Waals surface area contributed by atoms with Gasteiger partial charge in [0.25, 0.3) is 5.91 Å². The van der Waals surface area contributed by atoms with Gasteiger partial charge in [-0.2, -0.15) is 0 Å². The standard InChI is InChI=1S/C18H19ClN2O5S/c1-11-4-7-14(8-5-11)21-17(22)12(2)26-18(23)13-6-9-15(19)16(10-13)27(24,25)20-3/h4-10,12,20H,1-3H3,(H,21,22). The van der Waals surface area contributed by atoms with Gasteiger partial charge in [-0.25, -0.2) is 17.9 Å². The molecule has 2 rings (SSSR count). The van der Waals surface area contributed by atoms with Gasteiger partial charge in [-0.3, -0.25) is 4.79 Å². The number of hydrogen-bond donors (Lipinski definition) is 2. The second-order valence-corrected chi connectivity index (χ2v) is 8.02. The van der Waals surface area contributed by atoms with Gasteiger partial charge in [0, 0.05) is 5.69 Å². The highest BCUT2D eigenvalue weighted by molar-refractivity contribution is 7.89. The van der Waals surface area contributed by atoms with Gasteiger partial charge in [0.15, 0.2) is 6.10 Å². The van der Waals surface area contributed by atoms with Crippen molar-refractivity contribution in [2.45, 2.75) is 24.8 Å². The average Bonchev–Trinajstić information content (AvgIpc) is 2.63. The minimum atomic E-state index is -3.84. The number of aryl methyl sites for hydroxylation is 1.